The third-order valence-corrected chi connectivity index (χ3v) is 4.46. The Hall–Kier alpha value is -2.75. The monoisotopic (exact) mass is 336 g/mol. The van der Waals surface area contributed by atoms with Gasteiger partial charge in [-0.05, 0) is 71.0 Å². The minimum absolute atomic E-state index is 0.230. The highest BCUT2D eigenvalue weighted by molar-refractivity contribution is 5.71. The molecule has 0 fully saturated rings. The standard InChI is InChI=1S/C21H24N2O2/c1-12(2)17-9-15(10-18(13(3)4)21(17)25)20-11-19(22-23-20)14-5-7-16(24)8-6-14/h5-13,24-25H,1-4H3,(H,22,23). The van der Waals surface area contributed by atoms with E-state index in [0.717, 1.165) is 33.6 Å². The predicted molar refractivity (Wildman–Crippen MR) is 101 cm³/mol. The predicted octanol–water partition coefficient (Wildman–Crippen LogP) is 5.40. The number of nitrogens with one attached hydrogen (secondary N) is 1. The summed E-state index contributed by atoms with van der Waals surface area (Å²) in [5, 5.41) is 27.5. The molecule has 3 N–H and O–H groups in total. The first-order chi connectivity index (χ1) is 11.9. The zero-order chi connectivity index (χ0) is 18.1. The van der Waals surface area contributed by atoms with Crippen LogP contribution in [0.2, 0.25) is 0 Å². The molecule has 1 heterocycles. The van der Waals surface area contributed by atoms with Crippen molar-refractivity contribution in [2.75, 3.05) is 0 Å². The average Bonchev–Trinajstić information content (AvgIpc) is 3.05. The number of H-pyrrole nitrogens is 1. The van der Waals surface area contributed by atoms with Crippen molar-refractivity contribution in [1.82, 2.24) is 10.2 Å². The summed E-state index contributed by atoms with van der Waals surface area (Å²) in [6.45, 7) is 8.31. The molecule has 25 heavy (non-hydrogen) atoms. The fourth-order valence-corrected chi connectivity index (χ4v) is 2.97. The van der Waals surface area contributed by atoms with E-state index in [4.69, 9.17) is 0 Å². The number of phenolic OH excluding ortho intramolecular Hbond substituents is 2. The Morgan fingerprint density at radius 1 is 0.800 bits per heavy atom. The molecule has 3 aromatic rings. The lowest BCUT2D eigenvalue weighted by atomic mass is 9.90. The Morgan fingerprint density at radius 3 is 1.88 bits per heavy atom. The zero-order valence-electron chi connectivity index (χ0n) is 15.0. The molecule has 4 heteroatoms. The maximum Gasteiger partial charge on any atom is 0.122 e. The molecule has 0 saturated carbocycles. The second-order valence-electron chi connectivity index (χ2n) is 7.03. The van der Waals surface area contributed by atoms with E-state index >= 15 is 0 Å². The van der Waals surface area contributed by atoms with E-state index in [1.165, 1.54) is 0 Å². The smallest absolute Gasteiger partial charge is 0.122 e. The van der Waals surface area contributed by atoms with Gasteiger partial charge in [0, 0.05) is 5.56 Å². The highest BCUT2D eigenvalue weighted by Crippen LogP contribution is 2.38. The van der Waals surface area contributed by atoms with Crippen molar-refractivity contribution in [3.63, 3.8) is 0 Å². The molecule has 0 unspecified atom stereocenters. The third-order valence-electron chi connectivity index (χ3n) is 4.46. The Bertz CT molecular complexity index is 848. The van der Waals surface area contributed by atoms with Gasteiger partial charge >= 0.3 is 0 Å². The van der Waals surface area contributed by atoms with Gasteiger partial charge < -0.3 is 10.2 Å². The van der Waals surface area contributed by atoms with E-state index in [1.54, 1.807) is 12.1 Å². The van der Waals surface area contributed by atoms with Crippen LogP contribution in [-0.4, -0.2) is 20.4 Å². The van der Waals surface area contributed by atoms with Crippen LogP contribution in [0.3, 0.4) is 0 Å². The minimum atomic E-state index is 0.230. The van der Waals surface area contributed by atoms with Gasteiger partial charge in [0.1, 0.15) is 11.5 Å². The number of hydrogen-bond acceptors (Lipinski definition) is 3. The van der Waals surface area contributed by atoms with Crippen molar-refractivity contribution >= 4 is 0 Å². The van der Waals surface area contributed by atoms with Gasteiger partial charge in [0.2, 0.25) is 0 Å². The summed E-state index contributed by atoms with van der Waals surface area (Å²) in [5.41, 5.74) is 5.56. The lowest BCUT2D eigenvalue weighted by molar-refractivity contribution is 0.454. The fourth-order valence-electron chi connectivity index (χ4n) is 2.97. The van der Waals surface area contributed by atoms with Crippen molar-refractivity contribution in [2.24, 2.45) is 0 Å². The largest absolute Gasteiger partial charge is 0.508 e. The number of nitrogens with zero attached hydrogens (tertiary/aromatic N) is 1. The topological polar surface area (TPSA) is 69.1 Å². The van der Waals surface area contributed by atoms with Gasteiger partial charge in [-0.25, -0.2) is 0 Å². The van der Waals surface area contributed by atoms with E-state index in [1.807, 2.05) is 30.3 Å². The van der Waals surface area contributed by atoms with Gasteiger partial charge in [0.15, 0.2) is 0 Å². The van der Waals surface area contributed by atoms with Crippen molar-refractivity contribution in [3.05, 3.63) is 53.6 Å². The number of aromatic amines is 1. The van der Waals surface area contributed by atoms with Gasteiger partial charge in [-0.2, -0.15) is 5.10 Å². The molecule has 0 bridgehead atoms. The summed E-state index contributed by atoms with van der Waals surface area (Å²) in [6, 6.07) is 13.0. The zero-order valence-corrected chi connectivity index (χ0v) is 15.0. The van der Waals surface area contributed by atoms with Crippen LogP contribution >= 0.6 is 0 Å². The number of rotatable bonds is 4. The first-order valence-electron chi connectivity index (χ1n) is 8.58. The van der Waals surface area contributed by atoms with Crippen LogP contribution in [0.5, 0.6) is 11.5 Å². The molecule has 0 spiro atoms. The number of benzene rings is 2. The summed E-state index contributed by atoms with van der Waals surface area (Å²) in [4.78, 5) is 0. The maximum atomic E-state index is 10.6. The molecule has 0 atom stereocenters. The maximum absolute atomic E-state index is 10.6. The summed E-state index contributed by atoms with van der Waals surface area (Å²) < 4.78 is 0. The summed E-state index contributed by atoms with van der Waals surface area (Å²) in [6.07, 6.45) is 0. The van der Waals surface area contributed by atoms with E-state index < -0.39 is 0 Å². The van der Waals surface area contributed by atoms with Gasteiger partial charge in [-0.1, -0.05) is 27.7 Å². The molecule has 0 aliphatic carbocycles. The molecule has 130 valence electrons. The molecular formula is C21H24N2O2. The van der Waals surface area contributed by atoms with Crippen LogP contribution in [0.1, 0.15) is 50.7 Å². The number of aromatic hydroxyl groups is 2. The highest BCUT2D eigenvalue weighted by Gasteiger charge is 2.17. The molecule has 0 aliphatic heterocycles. The van der Waals surface area contributed by atoms with Gasteiger partial charge in [-0.15, -0.1) is 0 Å². The molecule has 0 aliphatic rings. The van der Waals surface area contributed by atoms with E-state index in [0.29, 0.717) is 5.75 Å². The Labute approximate surface area is 148 Å². The quantitative estimate of drug-likeness (QED) is 0.597. The van der Waals surface area contributed by atoms with Gasteiger partial charge in [0.05, 0.1) is 11.4 Å². The van der Waals surface area contributed by atoms with E-state index in [9.17, 15) is 10.2 Å². The van der Waals surface area contributed by atoms with Crippen LogP contribution < -0.4 is 0 Å². The number of aromatic nitrogens is 2. The van der Waals surface area contributed by atoms with Gasteiger partial charge in [-0.3, -0.25) is 5.10 Å². The SMILES string of the molecule is CC(C)c1cc(-c2cc(-c3ccc(O)cc3)[nH]n2)cc(C(C)C)c1O. The highest BCUT2D eigenvalue weighted by atomic mass is 16.3. The Balaban J connectivity index is 2.06. The molecule has 4 nitrogen and oxygen atoms in total. The average molecular weight is 336 g/mol. The van der Waals surface area contributed by atoms with E-state index in [-0.39, 0.29) is 17.6 Å². The third kappa shape index (κ3) is 3.38. The number of phenols is 2. The lowest BCUT2D eigenvalue weighted by Gasteiger charge is -2.16. The summed E-state index contributed by atoms with van der Waals surface area (Å²) in [5.74, 6) is 1.09. The van der Waals surface area contributed by atoms with Crippen LogP contribution in [0.25, 0.3) is 22.5 Å². The van der Waals surface area contributed by atoms with Gasteiger partial charge in [0.25, 0.3) is 0 Å². The van der Waals surface area contributed by atoms with E-state index in [2.05, 4.69) is 37.9 Å². The van der Waals surface area contributed by atoms with Crippen LogP contribution in [0.4, 0.5) is 0 Å². The Morgan fingerprint density at radius 2 is 1.36 bits per heavy atom. The molecule has 2 aromatic carbocycles. The first kappa shape index (κ1) is 17.1. The molecule has 3 rings (SSSR count). The number of hydrogen-bond donors (Lipinski definition) is 3. The fraction of sp³-hybridized carbons (Fsp3) is 0.286. The molecule has 1 aromatic heterocycles. The van der Waals surface area contributed by atoms with Crippen LogP contribution in [-0.2, 0) is 0 Å². The normalized spacial score (nSPS) is 11.4. The van der Waals surface area contributed by atoms with Crippen molar-refractivity contribution in [2.45, 2.75) is 39.5 Å². The van der Waals surface area contributed by atoms with Crippen molar-refractivity contribution < 1.29 is 10.2 Å². The summed E-state index contributed by atoms with van der Waals surface area (Å²) in [7, 11) is 0. The van der Waals surface area contributed by atoms with Crippen LogP contribution in [0, 0.1) is 0 Å². The molecule has 0 radical (unpaired) electrons. The van der Waals surface area contributed by atoms with Crippen molar-refractivity contribution in [1.29, 1.82) is 0 Å². The summed E-state index contributed by atoms with van der Waals surface area (Å²) >= 11 is 0. The van der Waals surface area contributed by atoms with Crippen LogP contribution in [0.15, 0.2) is 42.5 Å². The minimum Gasteiger partial charge on any atom is -0.508 e. The first-order valence-corrected chi connectivity index (χ1v) is 8.58. The Kier molecular flexibility index (Phi) is 4.53. The molecule has 0 amide bonds. The lowest BCUT2D eigenvalue weighted by Crippen LogP contribution is -1.97. The van der Waals surface area contributed by atoms with Crippen molar-refractivity contribution in [3.8, 4) is 34.0 Å². The second kappa shape index (κ2) is 6.63. The molecular weight excluding hydrogens is 312 g/mol. The second-order valence-corrected chi connectivity index (χ2v) is 7.03. The molecule has 0 saturated heterocycles.